The average Bonchev–Trinajstić information content (AvgIpc) is 1.60. The van der Waals surface area contributed by atoms with Gasteiger partial charge in [0.25, 0.3) is 0 Å². The van der Waals surface area contributed by atoms with E-state index in [1.807, 2.05) is 66.7 Å². The highest BCUT2D eigenvalue weighted by Crippen LogP contribution is 2.44. The monoisotopic (exact) mass is 1160 g/mol. The van der Waals surface area contributed by atoms with Gasteiger partial charge in [-0.2, -0.15) is 0 Å². The molecule has 0 fully saturated rings. The quantitative estimate of drug-likeness (QED) is 0.154. The number of para-hydroxylation sites is 3. The van der Waals surface area contributed by atoms with Crippen molar-refractivity contribution in [1.82, 2.24) is 29.4 Å². The minimum Gasteiger partial charge on any atom is -0.456 e. The molecule has 424 valence electrons. The van der Waals surface area contributed by atoms with Crippen LogP contribution in [0.25, 0.3) is 144 Å². The molecule has 18 rings (SSSR count). The summed E-state index contributed by atoms with van der Waals surface area (Å²) in [6, 6.07) is 93.3. The van der Waals surface area contributed by atoms with E-state index in [0.29, 0.717) is 23.3 Å². The van der Waals surface area contributed by atoms with Crippen LogP contribution in [-0.4, -0.2) is 35.8 Å². The van der Waals surface area contributed by atoms with Crippen molar-refractivity contribution in [2.45, 2.75) is 20.0 Å². The van der Waals surface area contributed by atoms with Crippen LogP contribution >= 0.6 is 0 Å². The number of hydrogen-bond acceptors (Lipinski definition) is 8. The first kappa shape index (κ1) is 51.2. The Balaban J connectivity index is 0.703. The zero-order valence-electron chi connectivity index (χ0n) is 48.9. The Morgan fingerprint density at radius 3 is 1.60 bits per heavy atom. The van der Waals surface area contributed by atoms with Crippen LogP contribution in [0.4, 0.5) is 0 Å². The van der Waals surface area contributed by atoms with Gasteiger partial charge in [0.2, 0.25) is 0 Å². The predicted molar refractivity (Wildman–Crippen MR) is 366 cm³/mol. The molecule has 10 nitrogen and oxygen atoms in total. The molecule has 0 amide bonds. The number of rotatable bonds is 9. The van der Waals surface area contributed by atoms with Crippen LogP contribution in [0.2, 0.25) is 0 Å². The number of furan rings is 2. The zero-order chi connectivity index (χ0) is 59.6. The Morgan fingerprint density at radius 1 is 0.367 bits per heavy atom. The van der Waals surface area contributed by atoms with Gasteiger partial charge in [-0.25, -0.2) is 24.9 Å². The summed E-state index contributed by atoms with van der Waals surface area (Å²) >= 11 is 0. The number of benzene rings is 12. The highest BCUT2D eigenvalue weighted by atomic mass is 16.3. The number of aliphatic imine (C=N–C) groups is 2. The minimum absolute atomic E-state index is 0.379. The Kier molecular flexibility index (Phi) is 11.6. The summed E-state index contributed by atoms with van der Waals surface area (Å²) in [6.45, 7) is 4.27. The van der Waals surface area contributed by atoms with Crippen molar-refractivity contribution < 1.29 is 8.83 Å². The maximum absolute atomic E-state index is 6.87. The summed E-state index contributed by atoms with van der Waals surface area (Å²) in [5.41, 5.74) is 19.8. The maximum atomic E-state index is 6.87. The van der Waals surface area contributed by atoms with Gasteiger partial charge in [0, 0.05) is 94.4 Å². The molecule has 6 heterocycles. The third kappa shape index (κ3) is 8.29. The number of nitrogens with zero attached hydrogens (tertiary/aromatic N) is 7. The van der Waals surface area contributed by atoms with Crippen molar-refractivity contribution in [3.05, 3.63) is 295 Å². The summed E-state index contributed by atoms with van der Waals surface area (Å²) in [4.78, 5) is 25.9. The Morgan fingerprint density at radius 2 is 0.911 bits per heavy atom. The van der Waals surface area contributed by atoms with E-state index in [0.717, 1.165) is 155 Å². The second kappa shape index (κ2) is 20.3. The predicted octanol–water partition coefficient (Wildman–Crippen LogP) is 19.6. The maximum Gasteiger partial charge on any atom is 0.164 e. The molecule has 1 N–H and O–H groups in total. The molecule has 10 heteroatoms. The van der Waals surface area contributed by atoms with E-state index in [2.05, 4.69) is 228 Å². The van der Waals surface area contributed by atoms with Crippen molar-refractivity contribution in [3.8, 4) is 56.7 Å². The van der Waals surface area contributed by atoms with Crippen LogP contribution in [-0.2, 0) is 0 Å². The molecule has 1 aliphatic heterocycles. The van der Waals surface area contributed by atoms with Crippen LogP contribution < -0.4 is 5.32 Å². The Labute approximate surface area is 516 Å². The van der Waals surface area contributed by atoms with Crippen molar-refractivity contribution in [2.24, 2.45) is 9.98 Å². The van der Waals surface area contributed by atoms with Crippen LogP contribution in [0.1, 0.15) is 34.0 Å². The number of nitrogens with one attached hydrogen (secondary N) is 1. The molecule has 5 aromatic heterocycles. The zero-order valence-corrected chi connectivity index (χ0v) is 48.9. The van der Waals surface area contributed by atoms with Gasteiger partial charge in [0.15, 0.2) is 23.3 Å². The molecule has 1 aliphatic rings. The van der Waals surface area contributed by atoms with E-state index < -0.39 is 0 Å². The number of aryl methyl sites for hydroxylation is 2. The van der Waals surface area contributed by atoms with Crippen LogP contribution in [0, 0.1) is 13.8 Å². The largest absolute Gasteiger partial charge is 0.456 e. The lowest BCUT2D eigenvalue weighted by Gasteiger charge is -2.24. The van der Waals surface area contributed by atoms with Gasteiger partial charge in [0.05, 0.1) is 22.1 Å². The fraction of sp³-hybridized carbons (Fsp3) is 0.0375. The van der Waals surface area contributed by atoms with Gasteiger partial charge >= 0.3 is 0 Å². The van der Waals surface area contributed by atoms with Crippen molar-refractivity contribution in [2.75, 3.05) is 0 Å². The van der Waals surface area contributed by atoms with Crippen molar-refractivity contribution in [1.29, 1.82) is 0 Å². The van der Waals surface area contributed by atoms with Crippen LogP contribution in [0.5, 0.6) is 0 Å². The SMILES string of the molecule is Cc1cc(C2N=C(c3ccccc3)N=C(c3ccccc3)N2)cc2c1oc1cc3c(cc12)c1ccccc1n3-c1cccc(-c2ccc(-c3nc(-c4ccccc4)nc(-c4ccc5oc6cc7c(cc6c5c4C)c4ccccc4n7-c4ccccc4)n3)cc2)c1. The van der Waals surface area contributed by atoms with Crippen LogP contribution in [0.15, 0.2) is 286 Å². The summed E-state index contributed by atoms with van der Waals surface area (Å²) < 4.78 is 18.3. The molecule has 0 radical (unpaired) electrons. The summed E-state index contributed by atoms with van der Waals surface area (Å²) in [7, 11) is 0. The molecule has 0 saturated heterocycles. The van der Waals surface area contributed by atoms with Gasteiger partial charge in [-0.1, -0.05) is 182 Å². The number of fused-ring (bicyclic) bond motifs is 12. The molecule has 0 bridgehead atoms. The van der Waals surface area contributed by atoms with E-state index in [4.69, 9.17) is 33.8 Å². The van der Waals surface area contributed by atoms with E-state index in [-0.39, 0.29) is 6.17 Å². The van der Waals surface area contributed by atoms with E-state index >= 15 is 0 Å². The number of hydrogen-bond donors (Lipinski definition) is 1. The lowest BCUT2D eigenvalue weighted by molar-refractivity contribution is 0.660. The lowest BCUT2D eigenvalue weighted by atomic mass is 10.00. The number of aromatic nitrogens is 5. The topological polar surface area (TPSA) is 112 Å². The third-order valence-electron chi connectivity index (χ3n) is 17.9. The van der Waals surface area contributed by atoms with Crippen molar-refractivity contribution >= 4 is 99.2 Å². The molecule has 1 unspecified atom stereocenters. The molecular weight excluding hydrogens is 1100 g/mol. The fourth-order valence-corrected chi connectivity index (χ4v) is 13.6. The second-order valence-corrected chi connectivity index (χ2v) is 23.3. The minimum atomic E-state index is -0.379. The summed E-state index contributed by atoms with van der Waals surface area (Å²) in [5, 5.41) is 12.5. The standard InChI is InChI=1S/C80H52N8O2/c1-47-40-55(79-83-75(50-20-7-3-8-21-50)81-76(84-79)51-22-9-4-10-23-51)42-64-63-43-61-59-30-16-18-33-67(59)88(69(61)45-71(63)90-74(47)64)57-29-19-26-54(41-57)49-34-36-53(37-35-49)78-82-77(52-24-11-5-12-25-52)85-80(86-78)58-38-39-70-73(48(58)2)65-44-62-60-31-15-17-32-66(60)87(56-27-13-6-14-28-56)68(62)46-72(65)89-70/h3-46,79H,1-2H3,(H,81,83,84). The molecule has 90 heavy (non-hydrogen) atoms. The first-order valence-corrected chi connectivity index (χ1v) is 30.3. The van der Waals surface area contributed by atoms with Crippen LogP contribution in [0.3, 0.4) is 0 Å². The molecule has 0 spiro atoms. The molecule has 0 saturated carbocycles. The lowest BCUT2D eigenvalue weighted by Crippen LogP contribution is -2.33. The van der Waals surface area contributed by atoms with Gasteiger partial charge in [-0.15, -0.1) is 0 Å². The normalized spacial score (nSPS) is 13.6. The third-order valence-corrected chi connectivity index (χ3v) is 17.9. The summed E-state index contributed by atoms with van der Waals surface area (Å²) in [6.07, 6.45) is -0.379. The van der Waals surface area contributed by atoms with Crippen molar-refractivity contribution in [3.63, 3.8) is 0 Å². The first-order valence-electron chi connectivity index (χ1n) is 30.3. The second-order valence-electron chi connectivity index (χ2n) is 23.3. The molecule has 17 aromatic rings. The molecule has 1 atom stereocenters. The molecular formula is C80H52N8O2. The summed E-state index contributed by atoms with van der Waals surface area (Å²) in [5.74, 6) is 3.24. The molecule has 12 aromatic carbocycles. The van der Waals surface area contributed by atoms with E-state index in [1.165, 1.54) is 5.39 Å². The van der Waals surface area contributed by atoms with E-state index in [1.54, 1.807) is 0 Å². The highest BCUT2D eigenvalue weighted by Gasteiger charge is 2.26. The Bertz CT molecular complexity index is 5820. The first-order chi connectivity index (χ1) is 44.4. The highest BCUT2D eigenvalue weighted by molar-refractivity contribution is 6.20. The van der Waals surface area contributed by atoms with Gasteiger partial charge in [0.1, 0.15) is 34.3 Å². The number of amidine groups is 2. The Hall–Kier alpha value is -12.0. The van der Waals surface area contributed by atoms with Gasteiger partial charge in [-0.3, -0.25) is 0 Å². The molecule has 0 aliphatic carbocycles. The van der Waals surface area contributed by atoms with Gasteiger partial charge in [-0.05, 0) is 114 Å². The fourth-order valence-electron chi connectivity index (χ4n) is 13.6. The van der Waals surface area contributed by atoms with E-state index in [9.17, 15) is 0 Å². The smallest absolute Gasteiger partial charge is 0.164 e. The van der Waals surface area contributed by atoms with Gasteiger partial charge < -0.3 is 23.3 Å². The average molecular weight is 1160 g/mol.